The molecule has 0 radical (unpaired) electrons. The average Bonchev–Trinajstić information content (AvgIpc) is 3.32. The molecule has 2 aromatic carbocycles. The normalized spacial score (nSPS) is 13.9. The zero-order chi connectivity index (χ0) is 25.6. The molecule has 7 nitrogen and oxygen atoms in total. The number of anilines is 1. The predicted octanol–water partition coefficient (Wildman–Crippen LogP) is 3.92. The molecule has 36 heavy (non-hydrogen) atoms. The van der Waals surface area contributed by atoms with Crippen molar-refractivity contribution in [2.45, 2.75) is 33.6 Å². The molecule has 5 rings (SSSR count). The van der Waals surface area contributed by atoms with Gasteiger partial charge in [-0.1, -0.05) is 50.2 Å². The van der Waals surface area contributed by atoms with Gasteiger partial charge in [0.15, 0.2) is 12.4 Å². The van der Waals surface area contributed by atoms with Crippen molar-refractivity contribution >= 4 is 28.8 Å². The molecule has 180 valence electrons. The lowest BCUT2D eigenvalue weighted by Gasteiger charge is -2.16. The van der Waals surface area contributed by atoms with Gasteiger partial charge in [-0.3, -0.25) is 9.59 Å². The molecule has 0 aliphatic carbocycles. The Morgan fingerprint density at radius 3 is 1.94 bits per heavy atom. The number of hydrogen-bond acceptors (Lipinski definition) is 4. The van der Waals surface area contributed by atoms with Gasteiger partial charge in [-0.25, -0.2) is 9.58 Å². The molecule has 1 aliphatic heterocycles. The molecule has 0 N–H and O–H groups in total. The van der Waals surface area contributed by atoms with E-state index in [1.165, 1.54) is 4.68 Å². The molecule has 0 saturated carbocycles. The van der Waals surface area contributed by atoms with Crippen LogP contribution in [0, 0.1) is 13.8 Å². The van der Waals surface area contributed by atoms with Gasteiger partial charge >= 0.3 is 5.91 Å². The Kier molecular flexibility index (Phi) is 5.76. The van der Waals surface area contributed by atoms with Gasteiger partial charge in [0.1, 0.15) is 5.57 Å². The van der Waals surface area contributed by atoms with E-state index in [-0.39, 0.29) is 22.8 Å². The number of para-hydroxylation sites is 2. The number of aryl methyl sites for hydroxylation is 2. The zero-order valence-corrected chi connectivity index (χ0v) is 20.6. The molecule has 3 heterocycles. The van der Waals surface area contributed by atoms with Crippen LogP contribution in [0.15, 0.2) is 79.1 Å². The molecule has 2 amide bonds. The highest BCUT2D eigenvalue weighted by atomic mass is 16.3. The van der Waals surface area contributed by atoms with E-state index in [0.29, 0.717) is 17.1 Å². The van der Waals surface area contributed by atoms with Crippen LogP contribution in [0.2, 0.25) is 0 Å². The molecule has 0 spiro atoms. The third-order valence-corrected chi connectivity index (χ3v) is 6.14. The number of imide groups is 1. The van der Waals surface area contributed by atoms with Gasteiger partial charge < -0.3 is 5.11 Å². The van der Waals surface area contributed by atoms with Crippen molar-refractivity contribution in [1.82, 2.24) is 9.78 Å². The number of pyridine rings is 1. The summed E-state index contributed by atoms with van der Waals surface area (Å²) >= 11 is 0. The Morgan fingerprint density at radius 2 is 1.39 bits per heavy atom. The molecular weight excluding hydrogens is 452 g/mol. The zero-order valence-electron chi connectivity index (χ0n) is 20.6. The van der Waals surface area contributed by atoms with Crippen LogP contribution >= 0.6 is 0 Å². The van der Waals surface area contributed by atoms with Crippen molar-refractivity contribution in [3.05, 3.63) is 102 Å². The topological polar surface area (TPSA) is 82.1 Å². The summed E-state index contributed by atoms with van der Waals surface area (Å²) in [6.07, 6.45) is 3.59. The van der Waals surface area contributed by atoms with Crippen molar-refractivity contribution in [2.24, 2.45) is 0 Å². The van der Waals surface area contributed by atoms with E-state index in [1.54, 1.807) is 53.4 Å². The highest BCUT2D eigenvalue weighted by Crippen LogP contribution is 2.40. The molecule has 0 atom stereocenters. The quantitative estimate of drug-likeness (QED) is 0.322. The summed E-state index contributed by atoms with van der Waals surface area (Å²) in [4.78, 5) is 29.0. The van der Waals surface area contributed by atoms with Gasteiger partial charge in [0, 0.05) is 16.7 Å². The Labute approximate surface area is 209 Å². The standard InChI is InChI=1S/C29H26N4O3/c1-18(2)25-23(28(35)33(30-25)22-13-9-6-10-14-22)24-26(31-16-19(3)15-20(4)17-31)29(36)32(27(24)34)21-11-7-5-8-12-21/h5-18H,1-4H3. The van der Waals surface area contributed by atoms with Crippen LogP contribution < -0.4 is 14.6 Å². The fourth-order valence-corrected chi connectivity index (χ4v) is 4.64. The maximum atomic E-state index is 14.0. The summed E-state index contributed by atoms with van der Waals surface area (Å²) < 4.78 is 2.97. The van der Waals surface area contributed by atoms with Gasteiger partial charge in [-0.05, 0) is 56.0 Å². The summed E-state index contributed by atoms with van der Waals surface area (Å²) in [6.45, 7) is 7.68. The van der Waals surface area contributed by atoms with E-state index in [2.05, 4.69) is 5.10 Å². The number of benzene rings is 2. The second-order valence-electron chi connectivity index (χ2n) is 9.27. The molecule has 0 unspecified atom stereocenters. The minimum Gasteiger partial charge on any atom is -0.858 e. The largest absolute Gasteiger partial charge is 0.858 e. The predicted molar refractivity (Wildman–Crippen MR) is 135 cm³/mol. The first kappa shape index (κ1) is 23.2. The lowest BCUT2D eigenvalue weighted by molar-refractivity contribution is -0.577. The molecule has 0 bridgehead atoms. The van der Waals surface area contributed by atoms with E-state index in [9.17, 15) is 14.7 Å². The van der Waals surface area contributed by atoms with Crippen molar-refractivity contribution < 1.29 is 19.3 Å². The summed E-state index contributed by atoms with van der Waals surface area (Å²) in [7, 11) is 0. The number of nitrogens with zero attached hydrogens (tertiary/aromatic N) is 4. The second-order valence-corrected chi connectivity index (χ2v) is 9.27. The van der Waals surface area contributed by atoms with Crippen LogP contribution in [0.3, 0.4) is 0 Å². The average molecular weight is 479 g/mol. The number of carbonyl (C=O) groups is 2. The summed E-state index contributed by atoms with van der Waals surface area (Å²) in [6, 6.07) is 19.8. The fourth-order valence-electron chi connectivity index (χ4n) is 4.64. The van der Waals surface area contributed by atoms with Crippen molar-refractivity contribution in [1.29, 1.82) is 0 Å². The molecule has 2 aromatic heterocycles. The first-order valence-corrected chi connectivity index (χ1v) is 11.8. The summed E-state index contributed by atoms with van der Waals surface area (Å²) in [5, 5.41) is 18.5. The van der Waals surface area contributed by atoms with E-state index < -0.39 is 17.7 Å². The van der Waals surface area contributed by atoms with E-state index in [4.69, 9.17) is 0 Å². The molecule has 7 heteroatoms. The Balaban J connectivity index is 1.82. The highest BCUT2D eigenvalue weighted by Gasteiger charge is 2.47. The third-order valence-electron chi connectivity index (χ3n) is 6.14. The van der Waals surface area contributed by atoms with Gasteiger partial charge in [0.2, 0.25) is 0 Å². The molecule has 4 aromatic rings. The number of rotatable bonds is 5. The Morgan fingerprint density at radius 1 is 0.833 bits per heavy atom. The van der Waals surface area contributed by atoms with E-state index >= 15 is 0 Å². The first-order chi connectivity index (χ1) is 17.3. The van der Waals surface area contributed by atoms with Crippen molar-refractivity contribution in [3.8, 4) is 11.6 Å². The molecule has 0 saturated heterocycles. The number of hydrogen-bond donors (Lipinski definition) is 0. The lowest BCUT2D eigenvalue weighted by atomic mass is 9.98. The second kappa shape index (κ2) is 8.92. The van der Waals surface area contributed by atoms with Gasteiger partial charge in [-0.2, -0.15) is 9.67 Å². The van der Waals surface area contributed by atoms with E-state index in [0.717, 1.165) is 16.0 Å². The maximum Gasteiger partial charge on any atom is 0.331 e. The van der Waals surface area contributed by atoms with Crippen LogP contribution in [-0.2, 0) is 9.59 Å². The molecule has 1 aliphatic rings. The van der Waals surface area contributed by atoms with Gasteiger partial charge in [-0.15, -0.1) is 0 Å². The lowest BCUT2D eigenvalue weighted by Crippen LogP contribution is -2.40. The maximum absolute atomic E-state index is 14.0. The van der Waals surface area contributed by atoms with Crippen molar-refractivity contribution in [2.75, 3.05) is 4.90 Å². The monoisotopic (exact) mass is 478 g/mol. The van der Waals surface area contributed by atoms with Crippen LogP contribution in [0.1, 0.15) is 42.1 Å². The van der Waals surface area contributed by atoms with Gasteiger partial charge in [0.25, 0.3) is 11.6 Å². The fraction of sp³-hybridized carbons (Fsp3) is 0.172. The smallest absolute Gasteiger partial charge is 0.331 e. The Hall–Kier alpha value is -4.52. The number of carbonyl (C=O) groups excluding carboxylic acids is 2. The minimum atomic E-state index is -0.542. The van der Waals surface area contributed by atoms with Crippen molar-refractivity contribution in [3.63, 3.8) is 0 Å². The van der Waals surface area contributed by atoms with Crippen LogP contribution in [-0.4, -0.2) is 21.6 Å². The van der Waals surface area contributed by atoms with Crippen LogP contribution in [0.25, 0.3) is 17.0 Å². The number of aromatic nitrogens is 3. The van der Waals surface area contributed by atoms with Crippen LogP contribution in [0.4, 0.5) is 5.69 Å². The first-order valence-electron chi connectivity index (χ1n) is 11.8. The van der Waals surface area contributed by atoms with E-state index in [1.807, 2.05) is 58.0 Å². The molecular formula is C29H26N4O3. The third kappa shape index (κ3) is 3.79. The van der Waals surface area contributed by atoms with Crippen LogP contribution in [0.5, 0.6) is 5.88 Å². The van der Waals surface area contributed by atoms with Gasteiger partial charge in [0.05, 0.1) is 17.1 Å². The minimum absolute atomic E-state index is 0.0646. The Bertz CT molecular complexity index is 1500. The number of amides is 2. The summed E-state index contributed by atoms with van der Waals surface area (Å²) in [5.74, 6) is -1.62. The highest BCUT2D eigenvalue weighted by molar-refractivity contribution is 6.53. The SMILES string of the molecule is Cc1cc(C)c[n+](C2=C(c3c(C(C)C)nn(-c4ccccc4)c3[O-])C(=O)N(c3ccccc3)C2=O)c1. The summed E-state index contributed by atoms with van der Waals surface area (Å²) in [5.41, 5.74) is 3.72. The molecule has 0 fully saturated rings.